The molecule has 84 valence electrons. The minimum atomic E-state index is 0.729. The Kier molecular flexibility index (Phi) is 3.36. The topological polar surface area (TPSA) is 42.7 Å². The summed E-state index contributed by atoms with van der Waals surface area (Å²) in [4.78, 5) is 0. The predicted molar refractivity (Wildman–Crippen MR) is 59.5 cm³/mol. The van der Waals surface area contributed by atoms with Crippen molar-refractivity contribution in [3.05, 3.63) is 11.9 Å². The molecule has 0 bridgehead atoms. The zero-order valence-electron chi connectivity index (χ0n) is 9.61. The van der Waals surface area contributed by atoms with Gasteiger partial charge in [-0.1, -0.05) is 12.1 Å². The Hall–Kier alpha value is -0.900. The normalized spacial score (nSPS) is 18.0. The van der Waals surface area contributed by atoms with Crippen molar-refractivity contribution in [1.29, 1.82) is 0 Å². The summed E-state index contributed by atoms with van der Waals surface area (Å²) in [5, 5.41) is 11.6. The second-order valence-electron chi connectivity index (χ2n) is 4.71. The Morgan fingerprint density at radius 1 is 1.60 bits per heavy atom. The molecular formula is C11H20N4. The molecule has 1 aliphatic rings. The summed E-state index contributed by atoms with van der Waals surface area (Å²) in [6, 6.07) is 0.823. The van der Waals surface area contributed by atoms with Crippen LogP contribution in [-0.4, -0.2) is 27.6 Å². The lowest BCUT2D eigenvalue weighted by Gasteiger charge is -2.10. The van der Waals surface area contributed by atoms with Gasteiger partial charge in [-0.2, -0.15) is 0 Å². The van der Waals surface area contributed by atoms with Crippen LogP contribution in [0.2, 0.25) is 0 Å². The van der Waals surface area contributed by atoms with Crippen molar-refractivity contribution in [2.24, 2.45) is 13.0 Å². The minimum absolute atomic E-state index is 0.729. The molecule has 1 aromatic rings. The quantitative estimate of drug-likeness (QED) is 0.762. The first-order valence-electron chi connectivity index (χ1n) is 5.82. The van der Waals surface area contributed by atoms with Crippen LogP contribution in [0, 0.1) is 5.92 Å². The van der Waals surface area contributed by atoms with Gasteiger partial charge in [-0.25, -0.2) is 0 Å². The van der Waals surface area contributed by atoms with Gasteiger partial charge in [0.25, 0.3) is 0 Å². The van der Waals surface area contributed by atoms with E-state index in [1.54, 1.807) is 4.68 Å². The van der Waals surface area contributed by atoms with E-state index in [1.807, 2.05) is 13.2 Å². The second kappa shape index (κ2) is 4.75. The van der Waals surface area contributed by atoms with E-state index < -0.39 is 0 Å². The van der Waals surface area contributed by atoms with Crippen LogP contribution >= 0.6 is 0 Å². The Labute approximate surface area is 91.1 Å². The molecule has 4 nitrogen and oxygen atoms in total. The van der Waals surface area contributed by atoms with Crippen molar-refractivity contribution in [3.63, 3.8) is 0 Å². The first-order valence-corrected chi connectivity index (χ1v) is 5.82. The fourth-order valence-corrected chi connectivity index (χ4v) is 1.66. The molecule has 1 atom stereocenters. The summed E-state index contributed by atoms with van der Waals surface area (Å²) in [5.74, 6) is 0.729. The molecule has 0 amide bonds. The monoisotopic (exact) mass is 208 g/mol. The average molecular weight is 208 g/mol. The van der Waals surface area contributed by atoms with Crippen molar-refractivity contribution in [3.8, 4) is 0 Å². The number of nitrogens with zero attached hydrogens (tertiary/aromatic N) is 3. The Morgan fingerprint density at radius 2 is 2.40 bits per heavy atom. The highest BCUT2D eigenvalue weighted by Gasteiger charge is 2.20. The van der Waals surface area contributed by atoms with Gasteiger partial charge in [-0.05, 0) is 38.1 Å². The van der Waals surface area contributed by atoms with Gasteiger partial charge in [0, 0.05) is 19.3 Å². The number of hydrogen-bond donors (Lipinski definition) is 1. The van der Waals surface area contributed by atoms with E-state index in [1.165, 1.54) is 19.3 Å². The van der Waals surface area contributed by atoms with Gasteiger partial charge in [0.05, 0.1) is 5.69 Å². The zero-order valence-corrected chi connectivity index (χ0v) is 9.61. The summed E-state index contributed by atoms with van der Waals surface area (Å²) < 4.78 is 1.77. The maximum absolute atomic E-state index is 4.09. The van der Waals surface area contributed by atoms with E-state index in [9.17, 15) is 0 Å². The van der Waals surface area contributed by atoms with Crippen LogP contribution in [0.25, 0.3) is 0 Å². The van der Waals surface area contributed by atoms with Crippen molar-refractivity contribution in [1.82, 2.24) is 20.3 Å². The summed E-state index contributed by atoms with van der Waals surface area (Å²) in [5.41, 5.74) is 1.11. The van der Waals surface area contributed by atoms with Crippen LogP contribution < -0.4 is 5.32 Å². The molecule has 2 rings (SSSR count). The van der Waals surface area contributed by atoms with Gasteiger partial charge < -0.3 is 5.32 Å². The van der Waals surface area contributed by atoms with E-state index >= 15 is 0 Å². The number of rotatable bonds is 6. The summed E-state index contributed by atoms with van der Waals surface area (Å²) in [6.07, 6.45) is 6.98. The van der Waals surface area contributed by atoms with Crippen molar-refractivity contribution < 1.29 is 0 Å². The van der Waals surface area contributed by atoms with Crippen LogP contribution in [0.15, 0.2) is 6.20 Å². The Balaban J connectivity index is 1.63. The first-order chi connectivity index (χ1) is 7.24. The van der Waals surface area contributed by atoms with Crippen LogP contribution in [0.5, 0.6) is 0 Å². The third-order valence-electron chi connectivity index (χ3n) is 2.88. The standard InChI is InChI=1S/C11H20N4/c1-9(7-12-10-5-6-10)3-4-11-8-15(2)14-13-11/h8-10,12H,3-7H2,1-2H3. The van der Waals surface area contributed by atoms with Crippen molar-refractivity contribution in [2.45, 2.75) is 38.6 Å². The number of aromatic nitrogens is 3. The third kappa shape index (κ3) is 3.63. The molecule has 1 aliphatic carbocycles. The second-order valence-corrected chi connectivity index (χ2v) is 4.71. The molecular weight excluding hydrogens is 188 g/mol. The highest BCUT2D eigenvalue weighted by molar-refractivity contribution is 4.92. The van der Waals surface area contributed by atoms with Gasteiger partial charge in [-0.15, -0.1) is 5.10 Å². The highest BCUT2D eigenvalue weighted by atomic mass is 15.4. The minimum Gasteiger partial charge on any atom is -0.314 e. The maximum Gasteiger partial charge on any atom is 0.0827 e. The first kappa shape index (κ1) is 10.6. The molecule has 1 unspecified atom stereocenters. The zero-order chi connectivity index (χ0) is 10.7. The molecule has 1 aromatic heterocycles. The lowest BCUT2D eigenvalue weighted by molar-refractivity contribution is 0.477. The Morgan fingerprint density at radius 3 is 3.00 bits per heavy atom. The average Bonchev–Trinajstić information content (AvgIpc) is 2.95. The molecule has 4 heteroatoms. The van der Waals surface area contributed by atoms with Gasteiger partial charge in [0.2, 0.25) is 0 Å². The molecule has 0 aromatic carbocycles. The Bertz CT molecular complexity index is 303. The molecule has 0 saturated heterocycles. The molecule has 1 heterocycles. The predicted octanol–water partition coefficient (Wildman–Crippen LogP) is 1.14. The van der Waals surface area contributed by atoms with Crippen LogP contribution in [0.4, 0.5) is 0 Å². The van der Waals surface area contributed by atoms with Gasteiger partial charge >= 0.3 is 0 Å². The third-order valence-corrected chi connectivity index (χ3v) is 2.88. The molecule has 0 spiro atoms. The lowest BCUT2D eigenvalue weighted by Crippen LogP contribution is -2.23. The van der Waals surface area contributed by atoms with Crippen molar-refractivity contribution >= 4 is 0 Å². The van der Waals surface area contributed by atoms with Gasteiger partial charge in [0.15, 0.2) is 0 Å². The largest absolute Gasteiger partial charge is 0.314 e. The summed E-state index contributed by atoms with van der Waals surface area (Å²) in [6.45, 7) is 3.44. The van der Waals surface area contributed by atoms with E-state index in [0.717, 1.165) is 30.6 Å². The molecule has 1 fully saturated rings. The van der Waals surface area contributed by atoms with Gasteiger partial charge in [-0.3, -0.25) is 4.68 Å². The number of hydrogen-bond acceptors (Lipinski definition) is 3. The van der Waals surface area contributed by atoms with E-state index in [0.29, 0.717) is 0 Å². The molecule has 0 aliphatic heterocycles. The maximum atomic E-state index is 4.09. The summed E-state index contributed by atoms with van der Waals surface area (Å²) >= 11 is 0. The fraction of sp³-hybridized carbons (Fsp3) is 0.818. The van der Waals surface area contributed by atoms with Crippen LogP contribution in [-0.2, 0) is 13.5 Å². The molecule has 1 N–H and O–H groups in total. The number of nitrogens with one attached hydrogen (secondary N) is 1. The van der Waals surface area contributed by atoms with Crippen LogP contribution in [0.3, 0.4) is 0 Å². The van der Waals surface area contributed by atoms with Crippen molar-refractivity contribution in [2.75, 3.05) is 6.54 Å². The SMILES string of the molecule is CC(CCc1cn(C)nn1)CNC1CC1. The van der Waals surface area contributed by atoms with Gasteiger partial charge in [0.1, 0.15) is 0 Å². The van der Waals surface area contributed by atoms with E-state index in [4.69, 9.17) is 0 Å². The fourth-order valence-electron chi connectivity index (χ4n) is 1.66. The van der Waals surface area contributed by atoms with E-state index in [-0.39, 0.29) is 0 Å². The smallest absolute Gasteiger partial charge is 0.0827 e. The van der Waals surface area contributed by atoms with E-state index in [2.05, 4.69) is 22.6 Å². The molecule has 1 saturated carbocycles. The lowest BCUT2D eigenvalue weighted by atomic mass is 10.0. The van der Waals surface area contributed by atoms with Crippen LogP contribution in [0.1, 0.15) is 31.9 Å². The molecule has 0 radical (unpaired) electrons. The number of aryl methyl sites for hydroxylation is 2. The summed E-state index contributed by atoms with van der Waals surface area (Å²) in [7, 11) is 1.91. The molecule has 15 heavy (non-hydrogen) atoms. The highest BCUT2D eigenvalue weighted by Crippen LogP contribution is 2.19.